The van der Waals surface area contributed by atoms with Crippen LogP contribution < -0.4 is 10.1 Å². The van der Waals surface area contributed by atoms with Gasteiger partial charge in [-0.05, 0) is 31.2 Å². The summed E-state index contributed by atoms with van der Waals surface area (Å²) in [7, 11) is 1.34. The van der Waals surface area contributed by atoms with Crippen LogP contribution in [0.5, 0.6) is 5.75 Å². The quantitative estimate of drug-likeness (QED) is 0.705. The number of methoxy groups -OCH3 is 1. The van der Waals surface area contributed by atoms with Gasteiger partial charge in [0, 0.05) is 28.5 Å². The number of nitrogens with zero attached hydrogens (tertiary/aromatic N) is 1. The molecule has 24 heavy (non-hydrogen) atoms. The number of nitrogens with one attached hydrogen (secondary N) is 1. The summed E-state index contributed by atoms with van der Waals surface area (Å²) in [5, 5.41) is 3.89. The van der Waals surface area contributed by atoms with Crippen molar-refractivity contribution in [3.05, 3.63) is 59.8 Å². The lowest BCUT2D eigenvalue weighted by Gasteiger charge is -2.15. The zero-order chi connectivity index (χ0) is 17.3. The van der Waals surface area contributed by atoms with E-state index >= 15 is 0 Å². The smallest absolute Gasteiger partial charge is 0.416 e. The first-order valence-electron chi connectivity index (χ1n) is 7.26. The van der Waals surface area contributed by atoms with E-state index in [1.807, 2.05) is 31.2 Å². The molecule has 1 heterocycles. The zero-order valence-electron chi connectivity index (χ0n) is 13.1. The van der Waals surface area contributed by atoms with Crippen LogP contribution >= 0.6 is 0 Å². The van der Waals surface area contributed by atoms with Crippen molar-refractivity contribution in [3.63, 3.8) is 0 Å². The maximum atomic E-state index is 13.0. The van der Waals surface area contributed by atoms with Gasteiger partial charge in [0.25, 0.3) is 0 Å². The van der Waals surface area contributed by atoms with E-state index < -0.39 is 11.7 Å². The molecule has 2 aromatic carbocycles. The highest BCUT2D eigenvalue weighted by atomic mass is 19.4. The number of alkyl halides is 3. The Morgan fingerprint density at radius 2 is 1.79 bits per heavy atom. The molecule has 3 aromatic rings. The summed E-state index contributed by atoms with van der Waals surface area (Å²) in [5.74, 6) is 0.141. The van der Waals surface area contributed by atoms with Gasteiger partial charge in [-0.25, -0.2) is 0 Å². The number of anilines is 2. The molecule has 0 spiro atoms. The number of benzene rings is 2. The predicted molar refractivity (Wildman–Crippen MR) is 87.8 cm³/mol. The Hall–Kier alpha value is -2.76. The minimum absolute atomic E-state index is 0.141. The Kier molecular flexibility index (Phi) is 4.05. The molecule has 0 saturated heterocycles. The van der Waals surface area contributed by atoms with Crippen LogP contribution in [0.3, 0.4) is 0 Å². The molecule has 0 saturated carbocycles. The van der Waals surface area contributed by atoms with Crippen molar-refractivity contribution in [2.75, 3.05) is 12.4 Å². The second-order valence-electron chi connectivity index (χ2n) is 5.40. The van der Waals surface area contributed by atoms with Crippen molar-refractivity contribution in [1.82, 2.24) is 4.98 Å². The summed E-state index contributed by atoms with van der Waals surface area (Å²) in [6.07, 6.45) is -4.44. The number of aryl methyl sites for hydroxylation is 1. The molecule has 1 N–H and O–H groups in total. The fourth-order valence-electron chi connectivity index (χ4n) is 2.52. The molecular formula is C18H15F3N2O. The Bertz CT molecular complexity index is 891. The Labute approximate surface area is 137 Å². The number of para-hydroxylation sites is 1. The molecule has 3 nitrogen and oxygen atoms in total. The first kappa shape index (κ1) is 16.1. The summed E-state index contributed by atoms with van der Waals surface area (Å²) in [6.45, 7) is 1.84. The van der Waals surface area contributed by atoms with Gasteiger partial charge in [-0.2, -0.15) is 13.2 Å². The van der Waals surface area contributed by atoms with Crippen LogP contribution in [0.1, 0.15) is 11.3 Å². The molecule has 124 valence electrons. The van der Waals surface area contributed by atoms with Gasteiger partial charge in [0.15, 0.2) is 0 Å². The molecule has 3 rings (SSSR count). The normalized spacial score (nSPS) is 11.5. The Morgan fingerprint density at radius 3 is 2.50 bits per heavy atom. The first-order valence-corrected chi connectivity index (χ1v) is 7.26. The van der Waals surface area contributed by atoms with Crippen LogP contribution in [0.4, 0.5) is 24.5 Å². The summed E-state index contributed by atoms with van der Waals surface area (Å²) in [5.41, 5.74) is 1.78. The topological polar surface area (TPSA) is 34.1 Å². The largest absolute Gasteiger partial charge is 0.497 e. The Balaban J connectivity index is 2.09. The van der Waals surface area contributed by atoms with Crippen LogP contribution in [0.15, 0.2) is 48.5 Å². The lowest BCUT2D eigenvalue weighted by Crippen LogP contribution is -2.06. The number of pyridine rings is 1. The third kappa shape index (κ3) is 3.27. The molecule has 0 bridgehead atoms. The first-order chi connectivity index (χ1) is 11.4. The standard InChI is InChI=1S/C18H15F3N2O/c1-11-7-17(15-5-3-4-6-16(15)22-11)23-13-8-12(18(19,20)21)9-14(10-13)24-2/h3-10H,1-2H3,(H,22,23). The molecule has 0 fully saturated rings. The molecule has 6 heteroatoms. The van der Waals surface area contributed by atoms with E-state index in [-0.39, 0.29) is 5.75 Å². The number of ether oxygens (including phenoxy) is 1. The summed E-state index contributed by atoms with van der Waals surface area (Å²) >= 11 is 0. The number of halogens is 3. The van der Waals surface area contributed by atoms with Gasteiger partial charge in [-0.3, -0.25) is 4.98 Å². The van der Waals surface area contributed by atoms with Gasteiger partial charge < -0.3 is 10.1 Å². The highest BCUT2D eigenvalue weighted by molar-refractivity contribution is 5.93. The van der Waals surface area contributed by atoms with Crippen molar-refractivity contribution >= 4 is 22.3 Å². The molecular weight excluding hydrogens is 317 g/mol. The summed E-state index contributed by atoms with van der Waals surface area (Å²) in [4.78, 5) is 4.42. The van der Waals surface area contributed by atoms with Crippen LogP contribution in [0.2, 0.25) is 0 Å². The number of fused-ring (bicyclic) bond motifs is 1. The van der Waals surface area contributed by atoms with Crippen LogP contribution in [0, 0.1) is 6.92 Å². The average molecular weight is 332 g/mol. The van der Waals surface area contributed by atoms with Crippen LogP contribution in [0.25, 0.3) is 10.9 Å². The van der Waals surface area contributed by atoms with Crippen molar-refractivity contribution in [1.29, 1.82) is 0 Å². The third-order valence-electron chi connectivity index (χ3n) is 3.59. The fraction of sp³-hybridized carbons (Fsp3) is 0.167. The molecule has 0 aliphatic rings. The number of aromatic nitrogens is 1. The zero-order valence-corrected chi connectivity index (χ0v) is 13.1. The second-order valence-corrected chi connectivity index (χ2v) is 5.40. The number of hydrogen-bond acceptors (Lipinski definition) is 3. The number of hydrogen-bond donors (Lipinski definition) is 1. The van der Waals surface area contributed by atoms with Gasteiger partial charge >= 0.3 is 6.18 Å². The van der Waals surface area contributed by atoms with Crippen LogP contribution in [-0.4, -0.2) is 12.1 Å². The minimum atomic E-state index is -4.44. The molecule has 0 atom stereocenters. The predicted octanol–water partition coefficient (Wildman–Crippen LogP) is 5.31. The van der Waals surface area contributed by atoms with E-state index in [4.69, 9.17) is 4.74 Å². The molecule has 0 unspecified atom stereocenters. The van der Waals surface area contributed by atoms with E-state index in [0.29, 0.717) is 11.4 Å². The third-order valence-corrected chi connectivity index (χ3v) is 3.59. The molecule has 1 aromatic heterocycles. The highest BCUT2D eigenvalue weighted by Crippen LogP contribution is 2.35. The molecule has 0 radical (unpaired) electrons. The summed E-state index contributed by atoms with van der Waals surface area (Å²) < 4.78 is 44.1. The van der Waals surface area contributed by atoms with E-state index in [9.17, 15) is 13.2 Å². The molecule has 0 aliphatic heterocycles. The second kappa shape index (κ2) is 6.03. The van der Waals surface area contributed by atoms with Gasteiger partial charge in [-0.15, -0.1) is 0 Å². The fourth-order valence-corrected chi connectivity index (χ4v) is 2.52. The van der Waals surface area contributed by atoms with Gasteiger partial charge in [0.2, 0.25) is 0 Å². The number of rotatable bonds is 3. The average Bonchev–Trinajstić information content (AvgIpc) is 2.53. The van der Waals surface area contributed by atoms with Crippen molar-refractivity contribution in [2.45, 2.75) is 13.1 Å². The van der Waals surface area contributed by atoms with E-state index in [1.54, 1.807) is 6.07 Å². The monoisotopic (exact) mass is 332 g/mol. The summed E-state index contributed by atoms with van der Waals surface area (Å²) in [6, 6.07) is 12.8. The molecule has 0 amide bonds. The van der Waals surface area contributed by atoms with Crippen LogP contribution in [-0.2, 0) is 6.18 Å². The SMILES string of the molecule is COc1cc(Nc2cc(C)nc3ccccc23)cc(C(F)(F)F)c1. The Morgan fingerprint density at radius 1 is 1.04 bits per heavy atom. The van der Waals surface area contributed by atoms with Gasteiger partial charge in [0.1, 0.15) is 5.75 Å². The van der Waals surface area contributed by atoms with Crippen molar-refractivity contribution < 1.29 is 17.9 Å². The maximum absolute atomic E-state index is 13.0. The van der Waals surface area contributed by atoms with Gasteiger partial charge in [0.05, 0.1) is 18.2 Å². The van der Waals surface area contributed by atoms with E-state index in [2.05, 4.69) is 10.3 Å². The maximum Gasteiger partial charge on any atom is 0.416 e. The van der Waals surface area contributed by atoms with Crippen molar-refractivity contribution in [3.8, 4) is 5.75 Å². The lowest BCUT2D eigenvalue weighted by molar-refractivity contribution is -0.137. The lowest BCUT2D eigenvalue weighted by atomic mass is 10.1. The highest BCUT2D eigenvalue weighted by Gasteiger charge is 2.31. The van der Waals surface area contributed by atoms with Crippen molar-refractivity contribution in [2.24, 2.45) is 0 Å². The molecule has 0 aliphatic carbocycles. The minimum Gasteiger partial charge on any atom is -0.497 e. The van der Waals surface area contributed by atoms with E-state index in [0.717, 1.165) is 28.7 Å². The van der Waals surface area contributed by atoms with Gasteiger partial charge in [-0.1, -0.05) is 18.2 Å². The van der Waals surface area contributed by atoms with E-state index in [1.165, 1.54) is 13.2 Å².